The highest BCUT2D eigenvalue weighted by Gasteiger charge is 2.26. The van der Waals surface area contributed by atoms with Gasteiger partial charge in [0.2, 0.25) is 0 Å². The van der Waals surface area contributed by atoms with Crippen molar-refractivity contribution in [2.24, 2.45) is 5.92 Å². The fraction of sp³-hybridized carbons (Fsp3) is 0.308. The number of pyridine rings is 1. The molecule has 176 valence electrons. The van der Waals surface area contributed by atoms with Gasteiger partial charge in [0, 0.05) is 35.8 Å². The molecular weight excluding hydrogens is 434 g/mol. The molecule has 2 aromatic carbocycles. The number of carboxylic acid groups (broad SMARTS) is 1. The van der Waals surface area contributed by atoms with Crippen molar-refractivity contribution in [3.8, 4) is 5.75 Å². The summed E-state index contributed by atoms with van der Waals surface area (Å²) in [5.74, 6) is -0.814. The predicted octanol–water partition coefficient (Wildman–Crippen LogP) is 3.42. The third-order valence-corrected chi connectivity index (χ3v) is 6.01. The first-order valence-electron chi connectivity index (χ1n) is 11.4. The van der Waals surface area contributed by atoms with Crippen molar-refractivity contribution in [2.75, 3.05) is 13.1 Å². The molecule has 2 amide bonds. The van der Waals surface area contributed by atoms with E-state index in [1.165, 1.54) is 0 Å². The summed E-state index contributed by atoms with van der Waals surface area (Å²) in [6.07, 6.45) is 4.34. The molecule has 0 aliphatic heterocycles. The molecular formula is C26H27N3O5. The van der Waals surface area contributed by atoms with Gasteiger partial charge >= 0.3 is 5.97 Å². The second kappa shape index (κ2) is 10.8. The number of hydrogen-bond acceptors (Lipinski definition) is 5. The molecule has 0 radical (unpaired) electrons. The fourth-order valence-electron chi connectivity index (χ4n) is 4.07. The van der Waals surface area contributed by atoms with Crippen molar-refractivity contribution < 1.29 is 24.2 Å². The second-order valence-corrected chi connectivity index (χ2v) is 8.38. The number of aromatic nitrogens is 1. The number of rotatable bonds is 8. The number of aliphatic carboxylic acids is 1. The third kappa shape index (κ3) is 5.89. The summed E-state index contributed by atoms with van der Waals surface area (Å²) in [6.45, 7) is 0.590. The van der Waals surface area contributed by atoms with Crippen LogP contribution in [0.1, 0.15) is 46.4 Å². The normalized spacial score (nSPS) is 17.6. The van der Waals surface area contributed by atoms with Crippen LogP contribution in [0.15, 0.2) is 60.8 Å². The molecule has 34 heavy (non-hydrogen) atoms. The second-order valence-electron chi connectivity index (χ2n) is 8.38. The summed E-state index contributed by atoms with van der Waals surface area (Å²) in [5, 5.41) is 15.6. The van der Waals surface area contributed by atoms with E-state index in [0.717, 1.165) is 10.9 Å². The van der Waals surface area contributed by atoms with Crippen LogP contribution >= 0.6 is 0 Å². The standard InChI is InChI=1S/C26H27N3O5/c30-24(18-5-9-21(10-6-18)34-22-11-7-19(8-12-22)26(32)33)28-14-15-29-25(31)20-4-3-17-2-1-13-27-23(17)16-20/h1-6,9-10,13,16,19,22H,7-8,11-12,14-15H2,(H,28,30)(H,29,31)(H,32,33)/t19-,22+. The zero-order chi connectivity index (χ0) is 23.9. The van der Waals surface area contributed by atoms with Crippen LogP contribution in [0.4, 0.5) is 0 Å². The number of amides is 2. The van der Waals surface area contributed by atoms with Crippen molar-refractivity contribution >= 4 is 28.7 Å². The van der Waals surface area contributed by atoms with Gasteiger partial charge in [-0.1, -0.05) is 12.1 Å². The molecule has 0 atom stereocenters. The van der Waals surface area contributed by atoms with Gasteiger partial charge < -0.3 is 20.5 Å². The topological polar surface area (TPSA) is 118 Å². The zero-order valence-electron chi connectivity index (χ0n) is 18.7. The molecule has 0 bridgehead atoms. The van der Waals surface area contributed by atoms with Crippen LogP contribution in [-0.4, -0.2) is 47.1 Å². The van der Waals surface area contributed by atoms with Gasteiger partial charge in [0.05, 0.1) is 17.5 Å². The molecule has 0 unspecified atom stereocenters. The Balaban J connectivity index is 1.19. The highest BCUT2D eigenvalue weighted by atomic mass is 16.5. The maximum atomic E-state index is 12.4. The van der Waals surface area contributed by atoms with Crippen LogP contribution < -0.4 is 15.4 Å². The summed E-state index contributed by atoms with van der Waals surface area (Å²) < 4.78 is 5.94. The van der Waals surface area contributed by atoms with E-state index in [-0.39, 0.29) is 23.8 Å². The average Bonchev–Trinajstić information content (AvgIpc) is 2.87. The largest absolute Gasteiger partial charge is 0.490 e. The predicted molar refractivity (Wildman–Crippen MR) is 127 cm³/mol. The van der Waals surface area contributed by atoms with E-state index in [4.69, 9.17) is 9.84 Å². The Kier molecular flexibility index (Phi) is 7.37. The Labute approximate surface area is 197 Å². The number of carbonyl (C=O) groups excluding carboxylic acids is 2. The number of hydrogen-bond donors (Lipinski definition) is 3. The number of fused-ring (bicyclic) bond motifs is 1. The van der Waals surface area contributed by atoms with Crippen LogP contribution in [0.25, 0.3) is 10.9 Å². The minimum absolute atomic E-state index is 0.00253. The van der Waals surface area contributed by atoms with Gasteiger partial charge in [0.25, 0.3) is 11.8 Å². The van der Waals surface area contributed by atoms with E-state index in [0.29, 0.717) is 55.6 Å². The lowest BCUT2D eigenvalue weighted by Crippen LogP contribution is -2.34. The number of ether oxygens (including phenoxy) is 1. The molecule has 3 N–H and O–H groups in total. The lowest BCUT2D eigenvalue weighted by Gasteiger charge is -2.26. The molecule has 0 spiro atoms. The van der Waals surface area contributed by atoms with E-state index >= 15 is 0 Å². The van der Waals surface area contributed by atoms with E-state index in [9.17, 15) is 14.4 Å². The van der Waals surface area contributed by atoms with Crippen molar-refractivity contribution in [1.29, 1.82) is 0 Å². The van der Waals surface area contributed by atoms with Crippen LogP contribution in [0, 0.1) is 5.92 Å². The first-order chi connectivity index (χ1) is 16.5. The Morgan fingerprint density at radius 2 is 1.53 bits per heavy atom. The summed E-state index contributed by atoms with van der Waals surface area (Å²) in [6, 6.07) is 16.0. The Bertz CT molecular complexity index is 1170. The van der Waals surface area contributed by atoms with Crippen molar-refractivity contribution in [3.05, 3.63) is 71.9 Å². The lowest BCUT2D eigenvalue weighted by atomic mass is 9.87. The first-order valence-corrected chi connectivity index (χ1v) is 11.4. The van der Waals surface area contributed by atoms with Gasteiger partial charge in [-0.15, -0.1) is 0 Å². The minimum atomic E-state index is -0.737. The van der Waals surface area contributed by atoms with E-state index in [1.807, 2.05) is 18.2 Å². The Hall–Kier alpha value is -3.94. The maximum Gasteiger partial charge on any atom is 0.306 e. The lowest BCUT2D eigenvalue weighted by molar-refractivity contribution is -0.143. The molecule has 1 aliphatic carbocycles. The summed E-state index contributed by atoms with van der Waals surface area (Å²) in [7, 11) is 0. The number of carboxylic acids is 1. The van der Waals surface area contributed by atoms with E-state index in [2.05, 4.69) is 15.6 Å². The quantitative estimate of drug-likeness (QED) is 0.443. The maximum absolute atomic E-state index is 12.4. The van der Waals surface area contributed by atoms with Gasteiger partial charge in [-0.05, 0) is 68.1 Å². The van der Waals surface area contributed by atoms with E-state index in [1.54, 1.807) is 42.6 Å². The molecule has 3 aromatic rings. The molecule has 1 fully saturated rings. The summed E-state index contributed by atoms with van der Waals surface area (Å²) in [4.78, 5) is 40.1. The van der Waals surface area contributed by atoms with Crippen molar-refractivity contribution in [1.82, 2.24) is 15.6 Å². The molecule has 1 aliphatic rings. The highest BCUT2D eigenvalue weighted by molar-refractivity contribution is 5.98. The molecule has 8 nitrogen and oxygen atoms in total. The Morgan fingerprint density at radius 1 is 0.882 bits per heavy atom. The number of carbonyl (C=O) groups is 3. The van der Waals surface area contributed by atoms with Crippen molar-refractivity contribution in [3.63, 3.8) is 0 Å². The smallest absolute Gasteiger partial charge is 0.306 e. The third-order valence-electron chi connectivity index (χ3n) is 6.01. The fourth-order valence-corrected chi connectivity index (χ4v) is 4.07. The van der Waals surface area contributed by atoms with Crippen LogP contribution in [0.5, 0.6) is 5.75 Å². The molecule has 1 aromatic heterocycles. The SMILES string of the molecule is O=C(NCCNC(=O)c1ccc2cccnc2c1)c1ccc(O[C@H]2CC[C@@H](C(=O)O)CC2)cc1. The molecule has 4 rings (SSSR count). The minimum Gasteiger partial charge on any atom is -0.490 e. The molecule has 8 heteroatoms. The molecule has 1 saturated carbocycles. The van der Waals surface area contributed by atoms with Gasteiger partial charge in [-0.2, -0.15) is 0 Å². The van der Waals surface area contributed by atoms with Gasteiger partial charge in [-0.25, -0.2) is 0 Å². The van der Waals surface area contributed by atoms with Crippen LogP contribution in [-0.2, 0) is 4.79 Å². The van der Waals surface area contributed by atoms with Gasteiger partial charge in [0.1, 0.15) is 5.75 Å². The van der Waals surface area contributed by atoms with Gasteiger partial charge in [-0.3, -0.25) is 19.4 Å². The van der Waals surface area contributed by atoms with E-state index < -0.39 is 5.97 Å². The summed E-state index contributed by atoms with van der Waals surface area (Å²) in [5.41, 5.74) is 1.77. The molecule has 1 heterocycles. The number of nitrogens with one attached hydrogen (secondary N) is 2. The molecule has 0 saturated heterocycles. The van der Waals surface area contributed by atoms with Crippen LogP contribution in [0.3, 0.4) is 0 Å². The average molecular weight is 462 g/mol. The monoisotopic (exact) mass is 461 g/mol. The highest BCUT2D eigenvalue weighted by Crippen LogP contribution is 2.28. The summed E-state index contributed by atoms with van der Waals surface area (Å²) >= 11 is 0. The number of benzene rings is 2. The zero-order valence-corrected chi connectivity index (χ0v) is 18.7. The Morgan fingerprint density at radius 3 is 2.21 bits per heavy atom. The van der Waals surface area contributed by atoms with Gasteiger partial charge in [0.15, 0.2) is 0 Å². The first kappa shape index (κ1) is 23.2. The number of nitrogens with zero attached hydrogens (tertiary/aromatic N) is 1. The van der Waals surface area contributed by atoms with Crippen molar-refractivity contribution in [2.45, 2.75) is 31.8 Å². The van der Waals surface area contributed by atoms with Crippen LogP contribution in [0.2, 0.25) is 0 Å².